The van der Waals surface area contributed by atoms with E-state index in [2.05, 4.69) is 20.6 Å². The lowest BCUT2D eigenvalue weighted by atomic mass is 10.2. The van der Waals surface area contributed by atoms with Crippen molar-refractivity contribution in [2.24, 2.45) is 4.99 Å². The molecule has 124 valence electrons. The Balaban J connectivity index is 1.74. The van der Waals surface area contributed by atoms with Gasteiger partial charge in [-0.15, -0.1) is 11.3 Å². The maximum absolute atomic E-state index is 13.6. The van der Waals surface area contributed by atoms with Crippen molar-refractivity contribution in [2.45, 2.75) is 24.2 Å². The topological polar surface area (TPSA) is 49.3 Å². The van der Waals surface area contributed by atoms with Crippen LogP contribution in [0.25, 0.3) is 0 Å². The third-order valence-electron chi connectivity index (χ3n) is 2.96. The highest BCUT2D eigenvalue weighted by molar-refractivity contribution is 8.00. The van der Waals surface area contributed by atoms with Crippen LogP contribution in [0.5, 0.6) is 0 Å². The van der Waals surface area contributed by atoms with E-state index in [1.54, 1.807) is 35.2 Å². The van der Waals surface area contributed by atoms with Crippen molar-refractivity contribution >= 4 is 29.1 Å². The summed E-state index contributed by atoms with van der Waals surface area (Å²) in [5, 5.41) is 8.44. The minimum atomic E-state index is -0.216. The van der Waals surface area contributed by atoms with Gasteiger partial charge >= 0.3 is 0 Å². The van der Waals surface area contributed by atoms with Gasteiger partial charge in [0.15, 0.2) is 5.96 Å². The number of hydrogen-bond donors (Lipinski definition) is 2. The van der Waals surface area contributed by atoms with Gasteiger partial charge in [0.1, 0.15) is 10.2 Å². The van der Waals surface area contributed by atoms with Gasteiger partial charge in [-0.2, -0.15) is 0 Å². The Morgan fingerprint density at radius 3 is 2.96 bits per heavy atom. The number of thiazole rings is 1. The molecule has 4 nitrogen and oxygen atoms in total. The Bertz CT molecular complexity index is 602. The zero-order chi connectivity index (χ0) is 16.3. The molecule has 1 aromatic heterocycles. The molecule has 0 aliphatic rings. The fraction of sp³-hybridized carbons (Fsp3) is 0.375. The van der Waals surface area contributed by atoms with Crippen LogP contribution in [0.1, 0.15) is 18.9 Å². The van der Waals surface area contributed by atoms with Gasteiger partial charge < -0.3 is 10.6 Å². The fourth-order valence-electron chi connectivity index (χ4n) is 1.85. The first-order valence-electron chi connectivity index (χ1n) is 7.57. The lowest BCUT2D eigenvalue weighted by molar-refractivity contribution is 0.610. The summed E-state index contributed by atoms with van der Waals surface area (Å²) >= 11 is 3.42. The van der Waals surface area contributed by atoms with Crippen LogP contribution >= 0.6 is 23.1 Å². The summed E-state index contributed by atoms with van der Waals surface area (Å²) in [7, 11) is 0. The number of aliphatic imine (C=N–C) groups is 1. The summed E-state index contributed by atoms with van der Waals surface area (Å²) < 4.78 is 14.7. The molecule has 0 unspecified atom stereocenters. The minimum absolute atomic E-state index is 0.216. The zero-order valence-corrected chi connectivity index (χ0v) is 14.7. The molecular weight excluding hydrogens is 331 g/mol. The number of guanidine groups is 1. The van der Waals surface area contributed by atoms with E-state index >= 15 is 0 Å². The second-order valence-corrected chi connectivity index (χ2v) is 6.95. The standard InChI is InChI=1S/C16H21FN4S2/c1-2-18-15(21-12-13-6-3-4-7-14(13)17)19-8-5-10-22-16-20-9-11-23-16/h3-4,6-7,9,11H,2,5,8,10,12H2,1H3,(H2,18,19,21). The molecule has 0 spiro atoms. The first-order valence-corrected chi connectivity index (χ1v) is 9.44. The van der Waals surface area contributed by atoms with Crippen molar-refractivity contribution in [3.63, 3.8) is 0 Å². The molecule has 0 amide bonds. The number of nitrogens with one attached hydrogen (secondary N) is 2. The number of thioether (sulfide) groups is 1. The second-order valence-electron chi connectivity index (χ2n) is 4.71. The van der Waals surface area contributed by atoms with E-state index < -0.39 is 0 Å². The molecule has 0 aliphatic carbocycles. The third kappa shape index (κ3) is 6.58. The summed E-state index contributed by atoms with van der Waals surface area (Å²) in [6.07, 6.45) is 2.83. The normalized spacial score (nSPS) is 11.5. The molecule has 0 atom stereocenters. The summed E-state index contributed by atoms with van der Waals surface area (Å²) in [4.78, 5) is 8.67. The monoisotopic (exact) mass is 352 g/mol. The molecule has 2 N–H and O–H groups in total. The van der Waals surface area contributed by atoms with Gasteiger partial charge in [-0.1, -0.05) is 30.0 Å². The summed E-state index contributed by atoms with van der Waals surface area (Å²) in [6, 6.07) is 6.73. The summed E-state index contributed by atoms with van der Waals surface area (Å²) in [6.45, 7) is 3.94. The highest BCUT2D eigenvalue weighted by Crippen LogP contribution is 2.20. The molecule has 2 aromatic rings. The van der Waals surface area contributed by atoms with Crippen LogP contribution in [0.4, 0.5) is 4.39 Å². The molecule has 0 saturated carbocycles. The van der Waals surface area contributed by atoms with Crippen LogP contribution < -0.4 is 10.6 Å². The summed E-state index contributed by atoms with van der Waals surface area (Å²) in [5.74, 6) is 1.51. The van der Waals surface area contributed by atoms with E-state index in [4.69, 9.17) is 0 Å². The Labute approximate surface area is 144 Å². The average molecular weight is 353 g/mol. The van der Waals surface area contributed by atoms with E-state index in [1.807, 2.05) is 24.6 Å². The Morgan fingerprint density at radius 1 is 1.35 bits per heavy atom. The Kier molecular flexibility index (Phi) is 7.89. The molecule has 0 radical (unpaired) electrons. The predicted molar refractivity (Wildman–Crippen MR) is 96.7 cm³/mol. The maximum atomic E-state index is 13.6. The third-order valence-corrected chi connectivity index (χ3v) is 5.01. The fourth-order valence-corrected chi connectivity index (χ4v) is 3.50. The van der Waals surface area contributed by atoms with Gasteiger partial charge in [-0.3, -0.25) is 0 Å². The molecular formula is C16H21FN4S2. The van der Waals surface area contributed by atoms with Gasteiger partial charge in [-0.05, 0) is 19.4 Å². The minimum Gasteiger partial charge on any atom is -0.357 e. The van der Waals surface area contributed by atoms with Crippen LogP contribution in [-0.4, -0.2) is 29.8 Å². The van der Waals surface area contributed by atoms with E-state index in [0.29, 0.717) is 12.1 Å². The number of hydrogen-bond acceptors (Lipinski definition) is 4. The quantitative estimate of drug-likeness (QED) is 0.330. The largest absolute Gasteiger partial charge is 0.357 e. The predicted octanol–water partition coefficient (Wildman–Crippen LogP) is 3.52. The number of rotatable bonds is 8. The first kappa shape index (κ1) is 17.7. The Morgan fingerprint density at radius 2 is 2.22 bits per heavy atom. The van der Waals surface area contributed by atoms with E-state index in [0.717, 1.165) is 35.6 Å². The molecule has 0 saturated heterocycles. The van der Waals surface area contributed by atoms with E-state index in [1.165, 1.54) is 6.07 Å². The molecule has 2 rings (SSSR count). The van der Waals surface area contributed by atoms with E-state index in [-0.39, 0.29) is 5.82 Å². The first-order chi connectivity index (χ1) is 11.3. The van der Waals surface area contributed by atoms with E-state index in [9.17, 15) is 4.39 Å². The molecule has 23 heavy (non-hydrogen) atoms. The van der Waals surface area contributed by atoms with Crippen LogP contribution in [-0.2, 0) is 6.54 Å². The molecule has 0 aliphatic heterocycles. The van der Waals surface area contributed by atoms with Crippen LogP contribution in [0.3, 0.4) is 0 Å². The van der Waals surface area contributed by atoms with Crippen molar-refractivity contribution in [3.8, 4) is 0 Å². The van der Waals surface area contributed by atoms with Gasteiger partial charge in [-0.25, -0.2) is 14.4 Å². The molecule has 0 bridgehead atoms. The average Bonchev–Trinajstić information content (AvgIpc) is 3.07. The maximum Gasteiger partial charge on any atom is 0.191 e. The molecule has 7 heteroatoms. The second kappa shape index (κ2) is 10.2. The summed E-state index contributed by atoms with van der Waals surface area (Å²) in [5.41, 5.74) is 0.601. The molecule has 1 aromatic carbocycles. The van der Waals surface area contributed by atoms with Crippen molar-refractivity contribution in [3.05, 3.63) is 47.2 Å². The highest BCUT2D eigenvalue weighted by Gasteiger charge is 2.02. The lowest BCUT2D eigenvalue weighted by Gasteiger charge is -2.11. The van der Waals surface area contributed by atoms with Crippen molar-refractivity contribution in [2.75, 3.05) is 18.8 Å². The van der Waals surface area contributed by atoms with Gasteiger partial charge in [0, 0.05) is 36.0 Å². The number of benzene rings is 1. The van der Waals surface area contributed by atoms with Crippen LogP contribution in [0.2, 0.25) is 0 Å². The van der Waals surface area contributed by atoms with Crippen LogP contribution in [0.15, 0.2) is 45.2 Å². The van der Waals surface area contributed by atoms with Gasteiger partial charge in [0.2, 0.25) is 0 Å². The van der Waals surface area contributed by atoms with Crippen molar-refractivity contribution in [1.82, 2.24) is 15.6 Å². The van der Waals surface area contributed by atoms with Gasteiger partial charge in [0.05, 0.1) is 6.54 Å². The zero-order valence-electron chi connectivity index (χ0n) is 13.1. The van der Waals surface area contributed by atoms with Crippen molar-refractivity contribution in [1.29, 1.82) is 0 Å². The smallest absolute Gasteiger partial charge is 0.191 e. The Hall–Kier alpha value is -1.60. The van der Waals surface area contributed by atoms with Gasteiger partial charge in [0.25, 0.3) is 0 Å². The highest BCUT2D eigenvalue weighted by atomic mass is 32.2. The van der Waals surface area contributed by atoms with Crippen LogP contribution in [0, 0.1) is 5.82 Å². The number of aromatic nitrogens is 1. The molecule has 0 fully saturated rings. The lowest BCUT2D eigenvalue weighted by Crippen LogP contribution is -2.37. The number of halogens is 1. The SMILES string of the molecule is CCNC(=NCc1ccccc1F)NCCCSc1nccs1. The number of nitrogens with zero attached hydrogens (tertiary/aromatic N) is 2. The van der Waals surface area contributed by atoms with Crippen molar-refractivity contribution < 1.29 is 4.39 Å². The molecule has 1 heterocycles.